The molecule has 1 rings (SSSR count). The van der Waals surface area contributed by atoms with Gasteiger partial charge in [-0.1, -0.05) is 30.3 Å². The molecule has 1 N–H and O–H groups in total. The van der Waals surface area contributed by atoms with Crippen molar-refractivity contribution in [2.75, 3.05) is 0 Å². The lowest BCUT2D eigenvalue weighted by Crippen LogP contribution is -2.27. The summed E-state index contributed by atoms with van der Waals surface area (Å²) in [6, 6.07) is 7.01. The van der Waals surface area contributed by atoms with Crippen molar-refractivity contribution < 1.29 is 14.8 Å². The second kappa shape index (κ2) is 5.21. The number of carbonyl (C=O) groups excluding carboxylic acids is 1. The van der Waals surface area contributed by atoms with E-state index in [1.165, 1.54) is 0 Å². The van der Waals surface area contributed by atoms with E-state index in [0.29, 0.717) is 11.8 Å². The predicted molar refractivity (Wildman–Crippen MR) is 52.9 cm³/mol. The molecule has 0 fully saturated rings. The predicted octanol–water partition coefficient (Wildman–Crippen LogP) is 0.954. The van der Waals surface area contributed by atoms with E-state index in [0.717, 1.165) is 0 Å². The Morgan fingerprint density at radius 3 is 2.47 bits per heavy atom. The summed E-state index contributed by atoms with van der Waals surface area (Å²) in [6.07, 6.45) is -1.09. The molecule has 5 nitrogen and oxygen atoms in total. The van der Waals surface area contributed by atoms with Crippen molar-refractivity contribution in [1.29, 1.82) is 0 Å². The molecule has 1 aromatic carbocycles. The summed E-state index contributed by atoms with van der Waals surface area (Å²) in [4.78, 5) is 20.2. The van der Waals surface area contributed by atoms with E-state index >= 15 is 0 Å². The van der Waals surface area contributed by atoms with Crippen LogP contribution in [0.25, 0.3) is 0 Å². The number of nitro groups is 1. The second-order valence-electron chi connectivity index (χ2n) is 3.11. The topological polar surface area (TPSA) is 80.4 Å². The van der Waals surface area contributed by atoms with E-state index < -0.39 is 17.1 Å². The van der Waals surface area contributed by atoms with Gasteiger partial charge in [0.05, 0.1) is 6.42 Å². The highest BCUT2D eigenvalue weighted by Crippen LogP contribution is 2.19. The van der Waals surface area contributed by atoms with Gasteiger partial charge < -0.3 is 9.90 Å². The van der Waals surface area contributed by atoms with Crippen molar-refractivity contribution in [3.05, 3.63) is 46.0 Å². The summed E-state index contributed by atoms with van der Waals surface area (Å²) in [6.45, 7) is 0. The highest BCUT2D eigenvalue weighted by Gasteiger charge is 2.30. The van der Waals surface area contributed by atoms with Gasteiger partial charge in [0.2, 0.25) is 6.04 Å². The largest absolute Gasteiger partial charge is 0.381 e. The number of nitrogens with zero attached hydrogens (tertiary/aromatic N) is 1. The summed E-state index contributed by atoms with van der Waals surface area (Å²) in [5, 5.41) is 20.3. The monoisotopic (exact) mass is 209 g/mol. The molecule has 0 saturated heterocycles. The van der Waals surface area contributed by atoms with Gasteiger partial charge in [-0.2, -0.15) is 0 Å². The minimum atomic E-state index is -1.27. The molecule has 0 aliphatic heterocycles. The van der Waals surface area contributed by atoms with Crippen LogP contribution in [0, 0.1) is 10.1 Å². The molecule has 0 aliphatic carbocycles. The van der Waals surface area contributed by atoms with Crippen molar-refractivity contribution >= 4 is 6.29 Å². The fraction of sp³-hybridized carbons (Fsp3) is 0.300. The summed E-state index contributed by atoms with van der Waals surface area (Å²) in [7, 11) is 0. The summed E-state index contributed by atoms with van der Waals surface area (Å²) in [5.41, 5.74) is 0.445. The van der Waals surface area contributed by atoms with Crippen LogP contribution >= 0.6 is 0 Å². The Hall–Kier alpha value is -1.75. The number of benzene rings is 1. The maximum absolute atomic E-state index is 10.6. The van der Waals surface area contributed by atoms with Crippen LogP contribution in [0.2, 0.25) is 0 Å². The van der Waals surface area contributed by atoms with Crippen LogP contribution < -0.4 is 0 Å². The Morgan fingerprint density at radius 1 is 1.40 bits per heavy atom. The lowest BCUT2D eigenvalue weighted by Gasteiger charge is -2.13. The molecular formula is C10H11NO4. The first-order valence-corrected chi connectivity index (χ1v) is 4.47. The first-order chi connectivity index (χ1) is 7.16. The minimum absolute atomic E-state index is 0.289. The zero-order chi connectivity index (χ0) is 11.3. The zero-order valence-corrected chi connectivity index (χ0v) is 7.95. The van der Waals surface area contributed by atoms with Crippen LogP contribution in [0.15, 0.2) is 30.3 Å². The van der Waals surface area contributed by atoms with Crippen molar-refractivity contribution in [2.45, 2.75) is 18.6 Å². The Morgan fingerprint density at radius 2 is 2.00 bits per heavy atom. The molecule has 2 unspecified atom stereocenters. The molecule has 0 heterocycles. The molecule has 1 aromatic rings. The van der Waals surface area contributed by atoms with Crippen LogP contribution in [0.5, 0.6) is 0 Å². The molecule has 0 saturated carbocycles. The van der Waals surface area contributed by atoms with Gasteiger partial charge in [-0.15, -0.1) is 0 Å². The molecule has 0 radical (unpaired) electrons. The van der Waals surface area contributed by atoms with E-state index in [1.54, 1.807) is 30.3 Å². The Labute approximate surface area is 86.5 Å². The third-order valence-corrected chi connectivity index (χ3v) is 2.11. The third kappa shape index (κ3) is 2.85. The lowest BCUT2D eigenvalue weighted by molar-refractivity contribution is -0.534. The van der Waals surface area contributed by atoms with Gasteiger partial charge in [-0.3, -0.25) is 10.1 Å². The average molecular weight is 209 g/mol. The molecule has 0 aromatic heterocycles. The van der Waals surface area contributed by atoms with E-state index in [2.05, 4.69) is 0 Å². The lowest BCUT2D eigenvalue weighted by atomic mass is 10.0. The number of hydrogen-bond donors (Lipinski definition) is 1. The molecule has 80 valence electrons. The van der Waals surface area contributed by atoms with Crippen molar-refractivity contribution in [3.8, 4) is 0 Å². The van der Waals surface area contributed by atoms with Gasteiger partial charge in [0.1, 0.15) is 12.4 Å². The van der Waals surface area contributed by atoms with E-state index in [9.17, 15) is 20.0 Å². The van der Waals surface area contributed by atoms with Gasteiger partial charge in [0.25, 0.3) is 0 Å². The van der Waals surface area contributed by atoms with Crippen molar-refractivity contribution in [1.82, 2.24) is 0 Å². The van der Waals surface area contributed by atoms with Gasteiger partial charge >= 0.3 is 0 Å². The normalized spacial score (nSPS) is 14.2. The van der Waals surface area contributed by atoms with Crippen LogP contribution in [0.1, 0.15) is 18.1 Å². The van der Waals surface area contributed by atoms with Gasteiger partial charge in [0.15, 0.2) is 0 Å². The number of rotatable bonds is 5. The Balaban J connectivity index is 2.85. The number of aliphatic hydroxyl groups excluding tert-OH is 1. The number of aliphatic hydroxyl groups is 1. The van der Waals surface area contributed by atoms with Crippen LogP contribution in [0.4, 0.5) is 0 Å². The molecule has 15 heavy (non-hydrogen) atoms. The summed E-state index contributed by atoms with van der Waals surface area (Å²) in [5.74, 6) is 0. The van der Waals surface area contributed by atoms with Crippen molar-refractivity contribution in [3.63, 3.8) is 0 Å². The van der Waals surface area contributed by atoms with E-state index in [1.807, 2.05) is 0 Å². The second-order valence-corrected chi connectivity index (χ2v) is 3.11. The first-order valence-electron chi connectivity index (χ1n) is 4.47. The molecule has 5 heteroatoms. The van der Waals surface area contributed by atoms with Gasteiger partial charge in [0, 0.05) is 4.92 Å². The molecule has 0 spiro atoms. The molecule has 2 atom stereocenters. The molecule has 0 bridgehead atoms. The average Bonchev–Trinajstić information content (AvgIpc) is 2.26. The standard InChI is InChI=1S/C10H11NO4/c12-7-6-9(11(14)15)10(13)8-4-2-1-3-5-8/h1-5,7,9-10,13H,6H2. The van der Waals surface area contributed by atoms with E-state index in [4.69, 9.17) is 0 Å². The van der Waals surface area contributed by atoms with Gasteiger partial charge in [-0.05, 0) is 5.56 Å². The van der Waals surface area contributed by atoms with E-state index in [-0.39, 0.29) is 6.42 Å². The van der Waals surface area contributed by atoms with Crippen LogP contribution in [-0.2, 0) is 4.79 Å². The van der Waals surface area contributed by atoms with Gasteiger partial charge in [-0.25, -0.2) is 0 Å². The third-order valence-electron chi connectivity index (χ3n) is 2.11. The maximum Gasteiger partial charge on any atom is 0.249 e. The van der Waals surface area contributed by atoms with Crippen LogP contribution in [0.3, 0.4) is 0 Å². The maximum atomic E-state index is 10.6. The van der Waals surface area contributed by atoms with Crippen molar-refractivity contribution in [2.24, 2.45) is 0 Å². The first kappa shape index (κ1) is 11.3. The number of carbonyl (C=O) groups is 1. The Kier molecular flexibility index (Phi) is 3.93. The number of aldehydes is 1. The summed E-state index contributed by atoms with van der Waals surface area (Å²) < 4.78 is 0. The zero-order valence-electron chi connectivity index (χ0n) is 7.95. The quantitative estimate of drug-likeness (QED) is 0.445. The summed E-state index contributed by atoms with van der Waals surface area (Å²) >= 11 is 0. The molecule has 0 aliphatic rings. The SMILES string of the molecule is O=CCC(C(O)c1ccccc1)[N+](=O)[O-]. The molecular weight excluding hydrogens is 198 g/mol. The van der Waals surface area contributed by atoms with Crippen LogP contribution in [-0.4, -0.2) is 22.4 Å². The minimum Gasteiger partial charge on any atom is -0.381 e. The molecule has 0 amide bonds. The smallest absolute Gasteiger partial charge is 0.249 e. The number of hydrogen-bond acceptors (Lipinski definition) is 4. The fourth-order valence-corrected chi connectivity index (χ4v) is 1.30. The fourth-order valence-electron chi connectivity index (χ4n) is 1.30. The Bertz CT molecular complexity index is 339. The highest BCUT2D eigenvalue weighted by atomic mass is 16.6. The highest BCUT2D eigenvalue weighted by molar-refractivity contribution is 5.50.